The predicted octanol–water partition coefficient (Wildman–Crippen LogP) is 3.03. The first kappa shape index (κ1) is 17.2. The van der Waals surface area contributed by atoms with Gasteiger partial charge in [-0.3, -0.25) is 10.1 Å². The molecule has 0 aliphatic rings. The summed E-state index contributed by atoms with van der Waals surface area (Å²) in [5.41, 5.74) is -2.42. The lowest BCUT2D eigenvalue weighted by Gasteiger charge is -2.06. The number of carbonyl (C=O) groups is 1. The van der Waals surface area contributed by atoms with Crippen LogP contribution in [0.15, 0.2) is 27.4 Å². The summed E-state index contributed by atoms with van der Waals surface area (Å²) in [6, 6.07) is 3.46. The van der Waals surface area contributed by atoms with Crippen LogP contribution in [0.1, 0.15) is 15.4 Å². The molecule has 0 fully saturated rings. The SMILES string of the molecule is O=C(Nc1nnc(C(F)(F)Cl)s1)c1c(O)c2c(F)cccc2oc1=O. The van der Waals surface area contributed by atoms with E-state index in [1.807, 2.05) is 5.32 Å². The molecule has 0 unspecified atom stereocenters. The second kappa shape index (κ2) is 6.01. The lowest BCUT2D eigenvalue weighted by Crippen LogP contribution is -2.21. The van der Waals surface area contributed by atoms with E-state index in [1.54, 1.807) is 0 Å². The number of benzene rings is 1. The van der Waals surface area contributed by atoms with Crippen LogP contribution in [0.3, 0.4) is 0 Å². The standard InChI is InChI=1S/C13H5ClF3N3O4S/c14-13(16,17)11-19-20-12(25-11)18-9(22)7-8(21)6-4(15)2-1-3-5(6)24-10(7)23/h1-3,21H,(H,18,20,22). The average molecular weight is 392 g/mol. The van der Waals surface area contributed by atoms with Gasteiger partial charge in [-0.05, 0) is 23.7 Å². The molecular formula is C13H5ClF3N3O4S. The fourth-order valence-electron chi connectivity index (χ4n) is 1.94. The van der Waals surface area contributed by atoms with Gasteiger partial charge in [-0.2, -0.15) is 8.78 Å². The topological polar surface area (TPSA) is 105 Å². The molecule has 0 radical (unpaired) electrons. The molecule has 3 aromatic rings. The first-order valence-electron chi connectivity index (χ1n) is 6.35. The fourth-order valence-corrected chi connectivity index (χ4v) is 2.70. The Morgan fingerprint density at radius 3 is 2.72 bits per heavy atom. The van der Waals surface area contributed by atoms with Gasteiger partial charge < -0.3 is 9.52 Å². The number of carbonyl (C=O) groups excluding carboxylic acids is 1. The number of alkyl halides is 3. The largest absolute Gasteiger partial charge is 0.506 e. The first-order chi connectivity index (χ1) is 11.7. The molecule has 12 heteroatoms. The van der Waals surface area contributed by atoms with Gasteiger partial charge in [0.15, 0.2) is 5.56 Å². The van der Waals surface area contributed by atoms with Crippen LogP contribution in [0.4, 0.5) is 18.3 Å². The van der Waals surface area contributed by atoms with Crippen molar-refractivity contribution in [2.45, 2.75) is 5.38 Å². The second-order valence-corrected chi connectivity index (χ2v) is 6.04. The zero-order valence-corrected chi connectivity index (χ0v) is 13.3. The third-order valence-electron chi connectivity index (χ3n) is 2.97. The van der Waals surface area contributed by atoms with E-state index in [9.17, 15) is 27.9 Å². The van der Waals surface area contributed by atoms with Crippen LogP contribution in [-0.2, 0) is 5.38 Å². The quantitative estimate of drug-likeness (QED) is 0.525. The summed E-state index contributed by atoms with van der Waals surface area (Å²) in [6.45, 7) is 0. The Morgan fingerprint density at radius 2 is 2.08 bits per heavy atom. The molecular weight excluding hydrogens is 387 g/mol. The van der Waals surface area contributed by atoms with E-state index in [1.165, 1.54) is 12.1 Å². The van der Waals surface area contributed by atoms with E-state index in [0.717, 1.165) is 6.07 Å². The summed E-state index contributed by atoms with van der Waals surface area (Å²) in [4.78, 5) is 24.0. The lowest BCUT2D eigenvalue weighted by molar-refractivity contribution is 0.0939. The Morgan fingerprint density at radius 1 is 1.36 bits per heavy atom. The monoisotopic (exact) mass is 391 g/mol. The number of nitrogens with one attached hydrogen (secondary N) is 1. The van der Waals surface area contributed by atoms with E-state index in [2.05, 4.69) is 10.2 Å². The Bertz CT molecular complexity index is 1050. The Kier molecular flexibility index (Phi) is 4.13. The Labute approximate surface area is 144 Å². The summed E-state index contributed by atoms with van der Waals surface area (Å²) in [6.07, 6.45) is 0. The van der Waals surface area contributed by atoms with Crippen molar-refractivity contribution in [3.8, 4) is 5.75 Å². The molecule has 3 rings (SSSR count). The number of aromatic hydroxyl groups is 1. The minimum Gasteiger partial charge on any atom is -0.506 e. The molecule has 0 saturated carbocycles. The van der Waals surface area contributed by atoms with Gasteiger partial charge in [0.1, 0.15) is 17.1 Å². The molecule has 0 spiro atoms. The van der Waals surface area contributed by atoms with Crippen molar-refractivity contribution in [2.75, 3.05) is 5.32 Å². The number of hydrogen-bond acceptors (Lipinski definition) is 7. The highest BCUT2D eigenvalue weighted by molar-refractivity contribution is 7.15. The van der Waals surface area contributed by atoms with Gasteiger partial charge in [0, 0.05) is 0 Å². The van der Waals surface area contributed by atoms with Crippen molar-refractivity contribution in [3.05, 3.63) is 45.0 Å². The lowest BCUT2D eigenvalue weighted by atomic mass is 10.1. The van der Waals surface area contributed by atoms with E-state index in [0.29, 0.717) is 0 Å². The highest BCUT2D eigenvalue weighted by atomic mass is 35.5. The minimum atomic E-state index is -3.78. The molecule has 0 bridgehead atoms. The number of nitrogens with zero attached hydrogens (tertiary/aromatic N) is 2. The third-order valence-corrected chi connectivity index (χ3v) is 4.17. The molecule has 2 heterocycles. The highest BCUT2D eigenvalue weighted by Gasteiger charge is 2.33. The summed E-state index contributed by atoms with van der Waals surface area (Å²) < 4.78 is 44.4. The van der Waals surface area contributed by atoms with E-state index in [4.69, 9.17) is 16.0 Å². The van der Waals surface area contributed by atoms with Crippen molar-refractivity contribution >= 4 is 44.9 Å². The normalized spacial score (nSPS) is 11.7. The fraction of sp³-hybridized carbons (Fsp3) is 0.0769. The van der Waals surface area contributed by atoms with Crippen LogP contribution in [0.5, 0.6) is 5.75 Å². The molecule has 2 aromatic heterocycles. The first-order valence-corrected chi connectivity index (χ1v) is 7.54. The molecule has 0 saturated heterocycles. The molecule has 2 N–H and O–H groups in total. The number of rotatable bonds is 3. The van der Waals surface area contributed by atoms with Crippen LogP contribution in [0.25, 0.3) is 11.0 Å². The maximum Gasteiger partial charge on any atom is 0.375 e. The van der Waals surface area contributed by atoms with Gasteiger partial charge in [-0.1, -0.05) is 17.4 Å². The maximum absolute atomic E-state index is 13.8. The van der Waals surface area contributed by atoms with Gasteiger partial charge in [0.2, 0.25) is 10.1 Å². The molecule has 0 atom stereocenters. The van der Waals surface area contributed by atoms with Gasteiger partial charge in [0.05, 0.1) is 5.39 Å². The van der Waals surface area contributed by atoms with E-state index < -0.39 is 49.6 Å². The maximum atomic E-state index is 13.8. The number of anilines is 1. The molecule has 7 nitrogen and oxygen atoms in total. The molecule has 130 valence electrons. The number of aromatic nitrogens is 2. The number of hydrogen-bond donors (Lipinski definition) is 2. The van der Waals surface area contributed by atoms with Crippen molar-refractivity contribution in [2.24, 2.45) is 0 Å². The number of fused-ring (bicyclic) bond motifs is 1. The van der Waals surface area contributed by atoms with Crippen molar-refractivity contribution in [1.29, 1.82) is 0 Å². The molecule has 25 heavy (non-hydrogen) atoms. The number of halogens is 4. The van der Waals surface area contributed by atoms with E-state index >= 15 is 0 Å². The number of amides is 1. The van der Waals surface area contributed by atoms with Gasteiger partial charge in [0.25, 0.3) is 5.91 Å². The zero-order valence-electron chi connectivity index (χ0n) is 11.7. The van der Waals surface area contributed by atoms with Gasteiger partial charge in [-0.25, -0.2) is 9.18 Å². The van der Waals surface area contributed by atoms with Gasteiger partial charge in [-0.15, -0.1) is 10.2 Å². The molecule has 1 aromatic carbocycles. The summed E-state index contributed by atoms with van der Waals surface area (Å²) in [5, 5.41) is 12.9. The highest BCUT2D eigenvalue weighted by Crippen LogP contribution is 2.36. The third kappa shape index (κ3) is 3.15. The Hall–Kier alpha value is -2.66. The second-order valence-electron chi connectivity index (χ2n) is 4.59. The molecule has 1 amide bonds. The molecule has 0 aliphatic carbocycles. The summed E-state index contributed by atoms with van der Waals surface area (Å²) >= 11 is 5.03. The van der Waals surface area contributed by atoms with Gasteiger partial charge >= 0.3 is 11.0 Å². The van der Waals surface area contributed by atoms with Crippen LogP contribution < -0.4 is 10.9 Å². The summed E-state index contributed by atoms with van der Waals surface area (Å²) in [5.74, 6) is -3.11. The van der Waals surface area contributed by atoms with E-state index in [-0.39, 0.29) is 16.9 Å². The molecule has 0 aliphatic heterocycles. The van der Waals surface area contributed by atoms with Crippen LogP contribution in [0.2, 0.25) is 0 Å². The summed E-state index contributed by atoms with van der Waals surface area (Å²) in [7, 11) is 0. The Balaban J connectivity index is 2.02. The predicted molar refractivity (Wildman–Crippen MR) is 81.7 cm³/mol. The van der Waals surface area contributed by atoms with Crippen LogP contribution >= 0.6 is 22.9 Å². The smallest absolute Gasteiger partial charge is 0.375 e. The minimum absolute atomic E-state index is 0.257. The van der Waals surface area contributed by atoms with Crippen LogP contribution in [-0.4, -0.2) is 21.2 Å². The zero-order chi connectivity index (χ0) is 18.4. The van der Waals surface area contributed by atoms with Crippen LogP contribution in [0, 0.1) is 5.82 Å². The average Bonchev–Trinajstić information content (AvgIpc) is 2.95. The van der Waals surface area contributed by atoms with Crippen molar-refractivity contribution in [1.82, 2.24) is 10.2 Å². The van der Waals surface area contributed by atoms with Crippen molar-refractivity contribution in [3.63, 3.8) is 0 Å². The van der Waals surface area contributed by atoms with Crippen molar-refractivity contribution < 1.29 is 27.5 Å².